The average Bonchev–Trinajstić information content (AvgIpc) is 3.23. The molecule has 4 aliphatic carbocycles. The third-order valence-corrected chi connectivity index (χ3v) is 8.35. The normalized spacial score (nSPS) is 43.0. The number of ketones is 1. The van der Waals surface area contributed by atoms with Gasteiger partial charge >= 0.3 is 0 Å². The molecule has 1 saturated carbocycles. The molecule has 0 spiro atoms. The number of carbonyl (C=O) groups is 1. The summed E-state index contributed by atoms with van der Waals surface area (Å²) < 4.78 is 0. The van der Waals surface area contributed by atoms with E-state index in [0.29, 0.717) is 17.6 Å². The lowest BCUT2D eigenvalue weighted by atomic mass is 9.53. The molecular weight excluding hydrogens is 306 g/mol. The third kappa shape index (κ3) is 2.12. The van der Waals surface area contributed by atoms with Gasteiger partial charge in [0.25, 0.3) is 0 Å². The Labute approximate surface area is 152 Å². The van der Waals surface area contributed by atoms with Gasteiger partial charge in [-0.1, -0.05) is 31.6 Å². The van der Waals surface area contributed by atoms with E-state index in [9.17, 15) is 4.79 Å². The molecular formula is C23H31NO. The Balaban J connectivity index is 1.50. The second kappa shape index (κ2) is 5.34. The molecule has 0 bridgehead atoms. The van der Waals surface area contributed by atoms with Gasteiger partial charge in [0.2, 0.25) is 0 Å². The van der Waals surface area contributed by atoms with Crippen molar-refractivity contribution in [3.63, 3.8) is 0 Å². The van der Waals surface area contributed by atoms with Crippen molar-refractivity contribution in [2.24, 2.45) is 22.7 Å². The highest BCUT2D eigenvalue weighted by Gasteiger charge is 2.55. The van der Waals surface area contributed by atoms with E-state index in [1.54, 1.807) is 16.8 Å². The topological polar surface area (TPSA) is 20.3 Å². The largest absolute Gasteiger partial charge is 0.375 e. The Bertz CT molecular complexity index is 708. The summed E-state index contributed by atoms with van der Waals surface area (Å²) in [7, 11) is 0. The highest BCUT2D eigenvalue weighted by Crippen LogP contribution is 2.61. The fourth-order valence-electron chi connectivity index (χ4n) is 6.66. The van der Waals surface area contributed by atoms with Crippen LogP contribution in [0.4, 0.5) is 0 Å². The van der Waals surface area contributed by atoms with E-state index in [-0.39, 0.29) is 10.8 Å². The molecule has 0 radical (unpaired) electrons. The van der Waals surface area contributed by atoms with Crippen LogP contribution in [0.5, 0.6) is 0 Å². The van der Waals surface area contributed by atoms with E-state index >= 15 is 0 Å². The lowest BCUT2D eigenvalue weighted by Gasteiger charge is -2.51. The second-order valence-corrected chi connectivity index (χ2v) is 9.51. The van der Waals surface area contributed by atoms with Crippen molar-refractivity contribution >= 4 is 5.78 Å². The Morgan fingerprint density at radius 3 is 2.72 bits per heavy atom. The number of carbonyl (C=O) groups excluding carboxylic acids is 1. The molecule has 0 unspecified atom stereocenters. The smallest absolute Gasteiger partial charge is 0.139 e. The summed E-state index contributed by atoms with van der Waals surface area (Å²) in [6.45, 7) is 7.23. The van der Waals surface area contributed by atoms with Crippen LogP contribution >= 0.6 is 0 Å². The maximum atomic E-state index is 12.5. The number of nitrogens with zero attached hydrogens (tertiary/aromatic N) is 1. The summed E-state index contributed by atoms with van der Waals surface area (Å²) in [6, 6.07) is 0. The lowest BCUT2D eigenvalue weighted by molar-refractivity contribution is -0.127. The van der Waals surface area contributed by atoms with Crippen LogP contribution in [0, 0.1) is 22.7 Å². The highest BCUT2D eigenvalue weighted by molar-refractivity contribution is 5.87. The van der Waals surface area contributed by atoms with Crippen molar-refractivity contribution in [3.05, 3.63) is 35.1 Å². The minimum absolute atomic E-state index is 0.0684. The Kier molecular flexibility index (Phi) is 3.40. The Morgan fingerprint density at radius 1 is 1.12 bits per heavy atom. The minimum atomic E-state index is -0.0684. The first-order valence-electron chi connectivity index (χ1n) is 10.4. The SMILES string of the molecule is C[C@]12CCC(N3CCCC3)=CC1=CC[C@@H]1C2=CC[C@]2(C)C(=O)CC[C@@H]12. The maximum absolute atomic E-state index is 12.5. The zero-order valence-corrected chi connectivity index (χ0v) is 15.8. The fourth-order valence-corrected chi connectivity index (χ4v) is 6.66. The number of likely N-dealkylation sites (tertiary alicyclic amines) is 1. The lowest BCUT2D eigenvalue weighted by Crippen LogP contribution is -2.43. The molecule has 0 aromatic heterocycles. The van der Waals surface area contributed by atoms with E-state index in [4.69, 9.17) is 0 Å². The standard InChI is InChI=1S/C23H31NO/c1-22-11-9-17(24-13-3-4-14-24)15-16(22)5-6-18-19-7-8-21(25)23(19,2)12-10-20(18)22/h5,10,15,18-19H,3-4,6-9,11-14H2,1-2H3/t18-,19-,22-,23-/m0/s1. The Morgan fingerprint density at radius 2 is 1.92 bits per heavy atom. The van der Waals surface area contributed by atoms with E-state index in [1.807, 2.05) is 0 Å². The minimum Gasteiger partial charge on any atom is -0.375 e. The van der Waals surface area contributed by atoms with Crippen LogP contribution in [0.1, 0.15) is 65.2 Å². The first-order valence-corrected chi connectivity index (χ1v) is 10.4. The number of Topliss-reactive ketones (excluding diaryl/α,β-unsaturated/α-hetero) is 1. The molecule has 1 aliphatic heterocycles. The number of hydrogen-bond donors (Lipinski definition) is 0. The fraction of sp³-hybridized carbons (Fsp3) is 0.696. The summed E-state index contributed by atoms with van der Waals surface area (Å²) in [5, 5.41) is 0. The summed E-state index contributed by atoms with van der Waals surface area (Å²) in [5.41, 5.74) is 4.98. The predicted octanol–water partition coefficient (Wildman–Crippen LogP) is 5.03. The van der Waals surface area contributed by atoms with Gasteiger partial charge in [-0.15, -0.1) is 0 Å². The van der Waals surface area contributed by atoms with Gasteiger partial charge in [-0.3, -0.25) is 4.79 Å². The van der Waals surface area contributed by atoms with E-state index < -0.39 is 0 Å². The highest BCUT2D eigenvalue weighted by atomic mass is 16.1. The third-order valence-electron chi connectivity index (χ3n) is 8.35. The van der Waals surface area contributed by atoms with Crippen LogP contribution in [0.25, 0.3) is 0 Å². The zero-order chi connectivity index (χ0) is 17.2. The molecule has 4 atom stereocenters. The van der Waals surface area contributed by atoms with Gasteiger partial charge in [0.1, 0.15) is 5.78 Å². The van der Waals surface area contributed by atoms with Gasteiger partial charge in [-0.2, -0.15) is 0 Å². The molecule has 5 rings (SSSR count). The summed E-state index contributed by atoms with van der Waals surface area (Å²) in [4.78, 5) is 15.1. The molecule has 2 nitrogen and oxygen atoms in total. The van der Waals surface area contributed by atoms with Crippen LogP contribution in [-0.2, 0) is 4.79 Å². The van der Waals surface area contributed by atoms with E-state index in [1.165, 1.54) is 38.8 Å². The van der Waals surface area contributed by atoms with Crippen LogP contribution in [0.15, 0.2) is 35.1 Å². The molecule has 5 aliphatic rings. The summed E-state index contributed by atoms with van der Waals surface area (Å²) in [5.74, 6) is 1.71. The number of hydrogen-bond acceptors (Lipinski definition) is 2. The molecule has 0 N–H and O–H groups in total. The van der Waals surface area contributed by atoms with Gasteiger partial charge in [-0.25, -0.2) is 0 Å². The number of rotatable bonds is 1. The van der Waals surface area contributed by atoms with Crippen molar-refractivity contribution in [2.75, 3.05) is 13.1 Å². The van der Waals surface area contributed by atoms with Gasteiger partial charge in [-0.05, 0) is 68.4 Å². The summed E-state index contributed by atoms with van der Waals surface area (Å²) in [6.07, 6.45) is 16.8. The number of fused-ring (bicyclic) bond motifs is 5. The first kappa shape index (κ1) is 15.9. The van der Waals surface area contributed by atoms with E-state index in [0.717, 1.165) is 25.7 Å². The first-order chi connectivity index (χ1) is 12.0. The quantitative estimate of drug-likeness (QED) is 0.626. The van der Waals surface area contributed by atoms with Gasteiger partial charge in [0, 0.05) is 36.0 Å². The van der Waals surface area contributed by atoms with Gasteiger partial charge in [0.15, 0.2) is 0 Å². The molecule has 2 fully saturated rings. The number of allylic oxidation sites excluding steroid dienone is 6. The van der Waals surface area contributed by atoms with Crippen LogP contribution in [0.2, 0.25) is 0 Å². The molecule has 25 heavy (non-hydrogen) atoms. The average molecular weight is 338 g/mol. The second-order valence-electron chi connectivity index (χ2n) is 9.51. The van der Waals surface area contributed by atoms with Crippen molar-refractivity contribution < 1.29 is 4.79 Å². The van der Waals surface area contributed by atoms with Crippen LogP contribution < -0.4 is 0 Å². The van der Waals surface area contributed by atoms with E-state index in [2.05, 4.69) is 37.0 Å². The summed E-state index contributed by atoms with van der Waals surface area (Å²) >= 11 is 0. The van der Waals surface area contributed by atoms with Crippen molar-refractivity contribution in [1.29, 1.82) is 0 Å². The molecule has 2 heteroatoms. The van der Waals surface area contributed by atoms with Gasteiger partial charge < -0.3 is 4.90 Å². The predicted molar refractivity (Wildman–Crippen MR) is 101 cm³/mol. The van der Waals surface area contributed by atoms with Crippen LogP contribution in [-0.4, -0.2) is 23.8 Å². The monoisotopic (exact) mass is 337 g/mol. The van der Waals surface area contributed by atoms with Crippen molar-refractivity contribution in [2.45, 2.75) is 65.2 Å². The van der Waals surface area contributed by atoms with Crippen molar-refractivity contribution in [1.82, 2.24) is 4.90 Å². The maximum Gasteiger partial charge on any atom is 0.139 e. The molecule has 1 heterocycles. The Hall–Kier alpha value is -1.31. The zero-order valence-electron chi connectivity index (χ0n) is 15.8. The molecule has 0 amide bonds. The van der Waals surface area contributed by atoms with Crippen LogP contribution in [0.3, 0.4) is 0 Å². The molecule has 0 aromatic carbocycles. The van der Waals surface area contributed by atoms with Crippen molar-refractivity contribution in [3.8, 4) is 0 Å². The van der Waals surface area contributed by atoms with Gasteiger partial charge in [0.05, 0.1) is 0 Å². The molecule has 1 saturated heterocycles. The molecule has 134 valence electrons. The molecule has 0 aromatic rings.